The summed E-state index contributed by atoms with van der Waals surface area (Å²) >= 11 is 0. The molecule has 0 aliphatic carbocycles. The molecule has 2 aromatic rings. The number of benzene rings is 2. The van der Waals surface area contributed by atoms with Crippen LogP contribution < -0.4 is 10.2 Å². The quantitative estimate of drug-likeness (QED) is 0.668. The van der Waals surface area contributed by atoms with Gasteiger partial charge in [0.15, 0.2) is 0 Å². The lowest BCUT2D eigenvalue weighted by molar-refractivity contribution is -0.112. The number of rotatable bonds is 4. The maximum absolute atomic E-state index is 12.9. The van der Waals surface area contributed by atoms with Gasteiger partial charge in [-0.05, 0) is 48.9 Å². The second-order valence-electron chi connectivity index (χ2n) is 6.48. The van der Waals surface area contributed by atoms with E-state index >= 15 is 0 Å². The van der Waals surface area contributed by atoms with Crippen molar-refractivity contribution < 1.29 is 9.18 Å². The summed E-state index contributed by atoms with van der Waals surface area (Å²) in [7, 11) is 0. The number of halogens is 1. The van der Waals surface area contributed by atoms with Gasteiger partial charge >= 0.3 is 0 Å². The van der Waals surface area contributed by atoms with E-state index in [-0.39, 0.29) is 11.4 Å². The fraction of sp³-hybridized carbons (Fsp3) is 0.238. The van der Waals surface area contributed by atoms with Crippen LogP contribution >= 0.6 is 0 Å². The summed E-state index contributed by atoms with van der Waals surface area (Å²) in [4.78, 5) is 16.6. The number of aryl methyl sites for hydroxylation is 1. The van der Waals surface area contributed by atoms with Gasteiger partial charge in [-0.3, -0.25) is 4.79 Å². The Morgan fingerprint density at radius 3 is 2.48 bits per heavy atom. The van der Waals surface area contributed by atoms with Crippen LogP contribution in [0, 0.1) is 24.1 Å². The molecule has 3 rings (SSSR count). The van der Waals surface area contributed by atoms with Crippen LogP contribution in [-0.2, 0) is 4.79 Å². The molecule has 0 unspecified atom stereocenters. The molecule has 5 nitrogen and oxygen atoms in total. The third-order valence-corrected chi connectivity index (χ3v) is 4.46. The SMILES string of the molecule is Cc1cccc(N2CCN(/C=C(/C#N)C(=O)Nc3ccc(F)cc3)CC2)c1. The Hall–Kier alpha value is -3.33. The summed E-state index contributed by atoms with van der Waals surface area (Å²) in [6, 6.07) is 15.8. The van der Waals surface area contributed by atoms with E-state index in [1.54, 1.807) is 6.20 Å². The lowest BCUT2D eigenvalue weighted by Crippen LogP contribution is -2.44. The van der Waals surface area contributed by atoms with Crippen molar-refractivity contribution in [3.05, 3.63) is 71.7 Å². The van der Waals surface area contributed by atoms with Crippen molar-refractivity contribution >= 4 is 17.3 Å². The van der Waals surface area contributed by atoms with Gasteiger partial charge < -0.3 is 15.1 Å². The smallest absolute Gasteiger partial charge is 0.267 e. The van der Waals surface area contributed by atoms with Crippen molar-refractivity contribution in [2.24, 2.45) is 0 Å². The van der Waals surface area contributed by atoms with Crippen LogP contribution in [-0.4, -0.2) is 37.0 Å². The van der Waals surface area contributed by atoms with Crippen molar-refractivity contribution in [3.63, 3.8) is 0 Å². The zero-order valence-corrected chi connectivity index (χ0v) is 15.2. The Bertz CT molecular complexity index is 878. The highest BCUT2D eigenvalue weighted by atomic mass is 19.1. The number of anilines is 2. The van der Waals surface area contributed by atoms with Crippen LogP contribution in [0.25, 0.3) is 0 Å². The summed E-state index contributed by atoms with van der Waals surface area (Å²) in [5.74, 6) is -0.874. The summed E-state index contributed by atoms with van der Waals surface area (Å²) in [5, 5.41) is 12.0. The average Bonchev–Trinajstić information content (AvgIpc) is 2.68. The Labute approximate surface area is 158 Å². The first-order valence-electron chi connectivity index (χ1n) is 8.79. The van der Waals surface area contributed by atoms with Crippen molar-refractivity contribution in [3.8, 4) is 6.07 Å². The molecule has 0 atom stereocenters. The van der Waals surface area contributed by atoms with Gasteiger partial charge in [0.25, 0.3) is 5.91 Å². The van der Waals surface area contributed by atoms with E-state index in [1.807, 2.05) is 17.0 Å². The largest absolute Gasteiger partial charge is 0.373 e. The molecule has 138 valence electrons. The predicted molar refractivity (Wildman–Crippen MR) is 104 cm³/mol. The monoisotopic (exact) mass is 364 g/mol. The number of hydrogen-bond acceptors (Lipinski definition) is 4. The molecule has 1 heterocycles. The van der Waals surface area contributed by atoms with E-state index in [2.05, 4.69) is 35.3 Å². The zero-order chi connectivity index (χ0) is 19.2. The molecule has 0 saturated carbocycles. The number of carbonyl (C=O) groups is 1. The molecule has 1 fully saturated rings. The standard InChI is InChI=1S/C21H21FN4O/c1-16-3-2-4-20(13-16)26-11-9-25(10-12-26)15-17(14-23)21(27)24-19-7-5-18(22)6-8-19/h2-8,13,15H,9-12H2,1H3,(H,24,27)/b17-15-. The van der Waals surface area contributed by atoms with Crippen LogP contribution in [0.2, 0.25) is 0 Å². The number of nitriles is 1. The maximum Gasteiger partial charge on any atom is 0.267 e. The minimum absolute atomic E-state index is 0.0309. The number of nitrogens with zero attached hydrogens (tertiary/aromatic N) is 3. The molecule has 0 bridgehead atoms. The van der Waals surface area contributed by atoms with E-state index in [1.165, 1.54) is 35.5 Å². The number of hydrogen-bond donors (Lipinski definition) is 1. The molecule has 0 radical (unpaired) electrons. The number of nitrogens with one attached hydrogen (secondary N) is 1. The van der Waals surface area contributed by atoms with E-state index in [4.69, 9.17) is 0 Å². The van der Waals surface area contributed by atoms with Gasteiger partial charge in [-0.1, -0.05) is 12.1 Å². The van der Waals surface area contributed by atoms with Crippen molar-refractivity contribution in [1.82, 2.24) is 4.90 Å². The topological polar surface area (TPSA) is 59.4 Å². The lowest BCUT2D eigenvalue weighted by atomic mass is 10.2. The number of piperazine rings is 1. The molecular weight excluding hydrogens is 343 g/mol. The average molecular weight is 364 g/mol. The van der Waals surface area contributed by atoms with E-state index in [0.717, 1.165) is 26.2 Å². The molecule has 0 aromatic heterocycles. The molecule has 0 spiro atoms. The van der Waals surface area contributed by atoms with Gasteiger partial charge in [0, 0.05) is 43.8 Å². The van der Waals surface area contributed by atoms with Crippen molar-refractivity contribution in [1.29, 1.82) is 5.26 Å². The highest BCUT2D eigenvalue weighted by Gasteiger charge is 2.18. The minimum atomic E-state index is -0.495. The van der Waals surface area contributed by atoms with Crippen LogP contribution in [0.4, 0.5) is 15.8 Å². The second kappa shape index (κ2) is 8.37. The van der Waals surface area contributed by atoms with E-state index in [0.29, 0.717) is 5.69 Å². The third kappa shape index (κ3) is 4.85. The van der Waals surface area contributed by atoms with Gasteiger partial charge in [-0.25, -0.2) is 4.39 Å². The van der Waals surface area contributed by atoms with E-state index < -0.39 is 5.91 Å². The van der Waals surface area contributed by atoms with Gasteiger partial charge in [-0.15, -0.1) is 0 Å². The molecule has 6 heteroatoms. The van der Waals surface area contributed by atoms with Gasteiger partial charge in [0.1, 0.15) is 17.5 Å². The normalized spacial score (nSPS) is 14.6. The lowest BCUT2D eigenvalue weighted by Gasteiger charge is -2.35. The maximum atomic E-state index is 12.9. The molecule has 1 aliphatic rings. The van der Waals surface area contributed by atoms with Crippen molar-refractivity contribution in [2.45, 2.75) is 6.92 Å². The predicted octanol–water partition coefficient (Wildman–Crippen LogP) is 3.30. The van der Waals surface area contributed by atoms with Gasteiger partial charge in [-0.2, -0.15) is 5.26 Å². The molecule has 1 aliphatic heterocycles. The van der Waals surface area contributed by atoms with Gasteiger partial charge in [0.05, 0.1) is 0 Å². The van der Waals surface area contributed by atoms with Crippen molar-refractivity contribution in [2.75, 3.05) is 36.4 Å². The second-order valence-corrected chi connectivity index (χ2v) is 6.48. The molecule has 2 aromatic carbocycles. The number of carbonyl (C=O) groups excluding carboxylic acids is 1. The molecule has 1 amide bonds. The fourth-order valence-electron chi connectivity index (χ4n) is 2.99. The summed E-state index contributed by atoms with van der Waals surface area (Å²) in [5.41, 5.74) is 2.89. The Morgan fingerprint density at radius 2 is 1.85 bits per heavy atom. The van der Waals surface area contributed by atoms with Crippen LogP contribution in [0.3, 0.4) is 0 Å². The summed E-state index contributed by atoms with van der Waals surface area (Å²) in [6.45, 7) is 5.16. The highest BCUT2D eigenvalue weighted by Crippen LogP contribution is 2.18. The number of amides is 1. The first-order valence-corrected chi connectivity index (χ1v) is 8.79. The van der Waals surface area contributed by atoms with Crippen LogP contribution in [0.1, 0.15) is 5.56 Å². The Morgan fingerprint density at radius 1 is 1.15 bits per heavy atom. The zero-order valence-electron chi connectivity index (χ0n) is 15.2. The highest BCUT2D eigenvalue weighted by molar-refractivity contribution is 6.06. The van der Waals surface area contributed by atoms with E-state index in [9.17, 15) is 14.4 Å². The fourth-order valence-corrected chi connectivity index (χ4v) is 2.99. The molecule has 1 saturated heterocycles. The first-order chi connectivity index (χ1) is 13.0. The summed E-state index contributed by atoms with van der Waals surface area (Å²) in [6.07, 6.45) is 1.60. The van der Waals surface area contributed by atoms with Crippen LogP contribution in [0.15, 0.2) is 60.3 Å². The summed E-state index contributed by atoms with van der Waals surface area (Å²) < 4.78 is 12.9. The molecule has 27 heavy (non-hydrogen) atoms. The Kier molecular flexibility index (Phi) is 5.72. The molecule has 1 N–H and O–H groups in total. The Balaban J connectivity index is 1.60. The van der Waals surface area contributed by atoms with Gasteiger partial charge in [0.2, 0.25) is 0 Å². The third-order valence-electron chi connectivity index (χ3n) is 4.46. The first kappa shape index (κ1) is 18.5. The van der Waals surface area contributed by atoms with Crippen LogP contribution in [0.5, 0.6) is 0 Å². The minimum Gasteiger partial charge on any atom is -0.373 e. The molecular formula is C21H21FN4O.